The molecule has 1 aliphatic heterocycles. The molecule has 1 fully saturated rings. The van der Waals surface area contributed by atoms with Gasteiger partial charge in [-0.15, -0.1) is 0 Å². The summed E-state index contributed by atoms with van der Waals surface area (Å²) in [5.74, 6) is -1.30. The van der Waals surface area contributed by atoms with Crippen molar-refractivity contribution in [3.8, 4) is 5.75 Å². The highest BCUT2D eigenvalue weighted by Crippen LogP contribution is 2.32. The van der Waals surface area contributed by atoms with Crippen molar-refractivity contribution in [1.29, 1.82) is 0 Å². The third-order valence-corrected chi connectivity index (χ3v) is 5.08. The number of rotatable bonds is 6. The van der Waals surface area contributed by atoms with Gasteiger partial charge in [-0.05, 0) is 68.4 Å². The standard InChI is InChI=1S/C23H21NO6S/c1-14(2)29-20(25)13-24-21(26)19(31-23(24)28)12-16-7-9-18(10-8-16)30-22(27)17-6-4-5-15(3)11-17/h4-12,14H,13H2,1-3H3/b19-12-. The molecule has 2 aromatic carbocycles. The molecule has 0 bridgehead atoms. The van der Waals surface area contributed by atoms with Gasteiger partial charge in [0.2, 0.25) is 0 Å². The quantitative estimate of drug-likeness (QED) is 0.378. The van der Waals surface area contributed by atoms with E-state index in [1.807, 2.05) is 13.0 Å². The molecule has 8 heteroatoms. The molecule has 0 aliphatic carbocycles. The third kappa shape index (κ3) is 5.82. The van der Waals surface area contributed by atoms with Crippen LogP contribution in [-0.2, 0) is 14.3 Å². The molecule has 160 valence electrons. The van der Waals surface area contributed by atoms with Crippen molar-refractivity contribution in [3.63, 3.8) is 0 Å². The number of hydrogen-bond donors (Lipinski definition) is 0. The second kappa shape index (κ2) is 9.61. The first-order chi connectivity index (χ1) is 14.7. The summed E-state index contributed by atoms with van der Waals surface area (Å²) in [4.78, 5) is 49.7. The van der Waals surface area contributed by atoms with Crippen LogP contribution in [0.4, 0.5) is 4.79 Å². The zero-order chi connectivity index (χ0) is 22.5. The van der Waals surface area contributed by atoms with E-state index in [-0.39, 0.29) is 11.0 Å². The molecular formula is C23H21NO6S. The van der Waals surface area contributed by atoms with E-state index in [0.29, 0.717) is 16.9 Å². The summed E-state index contributed by atoms with van der Waals surface area (Å²) in [5, 5.41) is -0.527. The van der Waals surface area contributed by atoms with Crippen LogP contribution in [0, 0.1) is 6.92 Å². The first-order valence-corrected chi connectivity index (χ1v) is 10.4. The lowest BCUT2D eigenvalue weighted by Crippen LogP contribution is -2.35. The molecule has 3 rings (SSSR count). The van der Waals surface area contributed by atoms with Gasteiger partial charge in [-0.1, -0.05) is 29.8 Å². The number of carbonyl (C=O) groups excluding carboxylic acids is 4. The van der Waals surface area contributed by atoms with Gasteiger partial charge < -0.3 is 9.47 Å². The minimum atomic E-state index is -0.640. The van der Waals surface area contributed by atoms with Crippen molar-refractivity contribution in [2.75, 3.05) is 6.54 Å². The number of benzene rings is 2. The zero-order valence-electron chi connectivity index (χ0n) is 17.3. The first-order valence-electron chi connectivity index (χ1n) is 9.56. The number of carbonyl (C=O) groups is 4. The molecule has 0 unspecified atom stereocenters. The maximum atomic E-state index is 12.5. The van der Waals surface area contributed by atoms with Gasteiger partial charge in [0.05, 0.1) is 16.6 Å². The van der Waals surface area contributed by atoms with Gasteiger partial charge in [0.15, 0.2) is 0 Å². The number of thioether (sulfide) groups is 1. The fourth-order valence-corrected chi connectivity index (χ4v) is 3.63. The molecule has 7 nitrogen and oxygen atoms in total. The maximum Gasteiger partial charge on any atom is 0.343 e. The Morgan fingerprint density at radius 2 is 1.81 bits per heavy atom. The van der Waals surface area contributed by atoms with Crippen LogP contribution in [0.3, 0.4) is 0 Å². The van der Waals surface area contributed by atoms with Gasteiger partial charge in [-0.3, -0.25) is 19.3 Å². The van der Waals surface area contributed by atoms with Crippen molar-refractivity contribution in [2.45, 2.75) is 26.9 Å². The largest absolute Gasteiger partial charge is 0.462 e. The maximum absolute atomic E-state index is 12.5. The van der Waals surface area contributed by atoms with Crippen LogP contribution in [0.5, 0.6) is 5.75 Å². The number of ether oxygens (including phenoxy) is 2. The minimum Gasteiger partial charge on any atom is -0.462 e. The number of hydrogen-bond acceptors (Lipinski definition) is 7. The van der Waals surface area contributed by atoms with Crippen LogP contribution in [0.2, 0.25) is 0 Å². The van der Waals surface area contributed by atoms with Gasteiger partial charge in [0.1, 0.15) is 12.3 Å². The van der Waals surface area contributed by atoms with Gasteiger partial charge in [-0.25, -0.2) is 4.79 Å². The molecule has 0 aromatic heterocycles. The Bertz CT molecular complexity index is 1060. The Morgan fingerprint density at radius 1 is 1.10 bits per heavy atom. The lowest BCUT2D eigenvalue weighted by molar-refractivity contribution is -0.149. The average molecular weight is 439 g/mol. The van der Waals surface area contributed by atoms with Gasteiger partial charge in [0, 0.05) is 0 Å². The first kappa shape index (κ1) is 22.3. The van der Waals surface area contributed by atoms with Crippen molar-refractivity contribution in [1.82, 2.24) is 4.90 Å². The normalized spacial score (nSPS) is 15.0. The second-order valence-electron chi connectivity index (χ2n) is 7.13. The van der Waals surface area contributed by atoms with E-state index in [1.165, 1.54) is 0 Å². The second-order valence-corrected chi connectivity index (χ2v) is 8.13. The smallest absolute Gasteiger partial charge is 0.343 e. The number of amides is 2. The Morgan fingerprint density at radius 3 is 2.45 bits per heavy atom. The molecular weight excluding hydrogens is 418 g/mol. The van der Waals surface area contributed by atoms with Crippen LogP contribution in [-0.4, -0.2) is 40.6 Å². The van der Waals surface area contributed by atoms with E-state index in [0.717, 1.165) is 22.2 Å². The van der Waals surface area contributed by atoms with Gasteiger partial charge in [0.25, 0.3) is 11.1 Å². The third-order valence-electron chi connectivity index (χ3n) is 4.17. The molecule has 1 saturated heterocycles. The van der Waals surface area contributed by atoms with Crippen molar-refractivity contribution in [2.24, 2.45) is 0 Å². The molecule has 0 atom stereocenters. The average Bonchev–Trinajstić information content (AvgIpc) is 2.96. The molecule has 1 heterocycles. The van der Waals surface area contributed by atoms with E-state index >= 15 is 0 Å². The molecule has 1 aliphatic rings. The molecule has 0 radical (unpaired) electrons. The molecule has 0 N–H and O–H groups in total. The summed E-state index contributed by atoms with van der Waals surface area (Å²) in [6.45, 7) is 4.84. The fourth-order valence-electron chi connectivity index (χ4n) is 2.79. The Labute approximate surface area is 184 Å². The predicted molar refractivity (Wildman–Crippen MR) is 116 cm³/mol. The summed E-state index contributed by atoms with van der Waals surface area (Å²) in [7, 11) is 0. The number of nitrogens with zero attached hydrogens (tertiary/aromatic N) is 1. The summed E-state index contributed by atoms with van der Waals surface area (Å²) in [5.41, 5.74) is 2.05. The van der Waals surface area contributed by atoms with E-state index in [9.17, 15) is 19.2 Å². The molecule has 2 amide bonds. The Balaban J connectivity index is 1.66. The van der Waals surface area contributed by atoms with E-state index in [1.54, 1.807) is 62.4 Å². The summed E-state index contributed by atoms with van der Waals surface area (Å²) in [6.07, 6.45) is 1.21. The van der Waals surface area contributed by atoms with Crippen LogP contribution in [0.1, 0.15) is 35.3 Å². The Hall–Kier alpha value is -3.39. The topological polar surface area (TPSA) is 90.0 Å². The summed E-state index contributed by atoms with van der Waals surface area (Å²) >= 11 is 0.756. The highest BCUT2D eigenvalue weighted by molar-refractivity contribution is 8.18. The summed E-state index contributed by atoms with van der Waals surface area (Å²) < 4.78 is 10.4. The lowest BCUT2D eigenvalue weighted by atomic mass is 10.1. The van der Waals surface area contributed by atoms with Crippen LogP contribution < -0.4 is 4.74 Å². The van der Waals surface area contributed by atoms with E-state index in [4.69, 9.17) is 9.47 Å². The van der Waals surface area contributed by atoms with Gasteiger partial charge >= 0.3 is 11.9 Å². The predicted octanol–water partition coefficient (Wildman–Crippen LogP) is 4.20. The van der Waals surface area contributed by atoms with Crippen LogP contribution in [0.25, 0.3) is 6.08 Å². The highest BCUT2D eigenvalue weighted by atomic mass is 32.2. The van der Waals surface area contributed by atoms with Gasteiger partial charge in [-0.2, -0.15) is 0 Å². The summed E-state index contributed by atoms with van der Waals surface area (Å²) in [6, 6.07) is 13.6. The zero-order valence-corrected chi connectivity index (χ0v) is 18.1. The fraction of sp³-hybridized carbons (Fsp3) is 0.217. The Kier molecular flexibility index (Phi) is 6.91. The molecule has 2 aromatic rings. The molecule has 0 spiro atoms. The van der Waals surface area contributed by atoms with E-state index in [2.05, 4.69) is 0 Å². The number of esters is 2. The van der Waals surface area contributed by atoms with Crippen LogP contribution >= 0.6 is 11.8 Å². The van der Waals surface area contributed by atoms with Crippen molar-refractivity contribution >= 4 is 40.9 Å². The molecule has 31 heavy (non-hydrogen) atoms. The van der Waals surface area contributed by atoms with Crippen molar-refractivity contribution < 1.29 is 28.7 Å². The highest BCUT2D eigenvalue weighted by Gasteiger charge is 2.36. The number of aryl methyl sites for hydroxylation is 1. The SMILES string of the molecule is Cc1cccc(C(=O)Oc2ccc(/C=C3\SC(=O)N(CC(=O)OC(C)C)C3=O)cc2)c1. The van der Waals surface area contributed by atoms with Crippen LogP contribution in [0.15, 0.2) is 53.4 Å². The minimum absolute atomic E-state index is 0.201. The molecule has 0 saturated carbocycles. The number of imide groups is 1. The monoisotopic (exact) mass is 439 g/mol. The lowest BCUT2D eigenvalue weighted by Gasteiger charge is -2.13. The van der Waals surface area contributed by atoms with Crippen molar-refractivity contribution in [3.05, 3.63) is 70.1 Å². The van der Waals surface area contributed by atoms with E-state index < -0.39 is 29.6 Å².